The number of sulfonamides is 1. The van der Waals surface area contributed by atoms with Gasteiger partial charge in [-0.3, -0.25) is 4.72 Å². The lowest BCUT2D eigenvalue weighted by molar-refractivity contribution is 0.547. The summed E-state index contributed by atoms with van der Waals surface area (Å²) in [6.07, 6.45) is 0. The van der Waals surface area contributed by atoms with E-state index in [9.17, 15) is 26.0 Å². The highest BCUT2D eigenvalue weighted by atomic mass is 32.2. The molecule has 0 spiro atoms. The van der Waals surface area contributed by atoms with Gasteiger partial charge in [-0.15, -0.1) is 0 Å². The van der Waals surface area contributed by atoms with Gasteiger partial charge in [-0.2, -0.15) is 0 Å². The fourth-order valence-corrected chi connectivity index (χ4v) is 2.63. The predicted molar refractivity (Wildman–Crippen MR) is 67.9 cm³/mol. The second-order valence-electron chi connectivity index (χ2n) is 4.03. The Morgan fingerprint density at radius 2 is 1.48 bits per heavy atom. The first-order chi connectivity index (χ1) is 9.70. The maximum absolute atomic E-state index is 13.4. The lowest BCUT2D eigenvalue weighted by atomic mass is 10.3. The van der Waals surface area contributed by atoms with Crippen molar-refractivity contribution < 1.29 is 26.0 Å². The van der Waals surface area contributed by atoms with Crippen LogP contribution in [0.25, 0.3) is 0 Å². The summed E-state index contributed by atoms with van der Waals surface area (Å²) >= 11 is 0. The van der Waals surface area contributed by atoms with Gasteiger partial charge in [0, 0.05) is 12.1 Å². The number of rotatable bonds is 3. The van der Waals surface area contributed by atoms with Crippen LogP contribution in [-0.2, 0) is 10.0 Å². The topological polar surface area (TPSA) is 72.2 Å². The van der Waals surface area contributed by atoms with Gasteiger partial charge in [0.15, 0.2) is 11.6 Å². The SMILES string of the molecule is Nc1cc(S(=O)(=O)Nc2c(F)cc(F)cc2F)ccc1F. The Balaban J connectivity index is 2.44. The molecule has 2 aromatic carbocycles. The van der Waals surface area contributed by atoms with Gasteiger partial charge in [0.05, 0.1) is 10.6 Å². The van der Waals surface area contributed by atoms with E-state index in [1.807, 2.05) is 0 Å². The highest BCUT2D eigenvalue weighted by molar-refractivity contribution is 7.92. The molecule has 0 saturated carbocycles. The number of benzene rings is 2. The van der Waals surface area contributed by atoms with Gasteiger partial charge in [0.1, 0.15) is 17.3 Å². The molecule has 0 aliphatic heterocycles. The molecule has 0 amide bonds. The van der Waals surface area contributed by atoms with Crippen LogP contribution in [0.3, 0.4) is 0 Å². The maximum atomic E-state index is 13.4. The standard InChI is InChI=1S/C12H8F4N2O2S/c13-6-3-9(15)12(10(16)4-6)18-21(19,20)7-1-2-8(14)11(17)5-7/h1-5,18H,17H2. The predicted octanol–water partition coefficient (Wildman–Crippen LogP) is 2.63. The summed E-state index contributed by atoms with van der Waals surface area (Å²) in [4.78, 5) is -0.496. The Hall–Kier alpha value is -2.29. The molecule has 2 aromatic rings. The Morgan fingerprint density at radius 1 is 0.905 bits per heavy atom. The van der Waals surface area contributed by atoms with Crippen LogP contribution in [0.5, 0.6) is 0 Å². The zero-order chi connectivity index (χ0) is 15.8. The van der Waals surface area contributed by atoms with Crippen LogP contribution in [0.15, 0.2) is 35.2 Å². The zero-order valence-electron chi connectivity index (χ0n) is 10.2. The van der Waals surface area contributed by atoms with Crippen LogP contribution in [-0.4, -0.2) is 8.42 Å². The lowest BCUT2D eigenvalue weighted by Crippen LogP contribution is -2.16. The molecule has 0 aliphatic carbocycles. The van der Waals surface area contributed by atoms with Crippen molar-refractivity contribution in [2.45, 2.75) is 4.90 Å². The first-order valence-corrected chi connectivity index (χ1v) is 6.91. The first-order valence-electron chi connectivity index (χ1n) is 5.43. The van der Waals surface area contributed by atoms with E-state index in [1.165, 1.54) is 0 Å². The number of nitrogen functional groups attached to an aromatic ring is 1. The molecule has 9 heteroatoms. The number of anilines is 2. The molecule has 21 heavy (non-hydrogen) atoms. The minimum absolute atomic E-state index is 0.319. The van der Waals surface area contributed by atoms with Crippen LogP contribution >= 0.6 is 0 Å². The van der Waals surface area contributed by atoms with Crippen molar-refractivity contribution in [1.82, 2.24) is 0 Å². The first kappa shape index (κ1) is 15.1. The largest absolute Gasteiger partial charge is 0.396 e. The molecule has 0 aliphatic rings. The van der Waals surface area contributed by atoms with Gasteiger partial charge >= 0.3 is 0 Å². The molecule has 0 heterocycles. The van der Waals surface area contributed by atoms with Crippen LogP contribution in [0.2, 0.25) is 0 Å². The van der Waals surface area contributed by atoms with Crippen LogP contribution in [0.4, 0.5) is 28.9 Å². The molecule has 0 atom stereocenters. The third-order valence-corrected chi connectivity index (χ3v) is 3.87. The number of nitrogens with two attached hydrogens (primary N) is 1. The molecule has 0 fully saturated rings. The molecular weight excluding hydrogens is 312 g/mol. The summed E-state index contributed by atoms with van der Waals surface area (Å²) in [7, 11) is -4.41. The average molecular weight is 320 g/mol. The van der Waals surface area contributed by atoms with Crippen molar-refractivity contribution in [3.05, 3.63) is 53.6 Å². The molecule has 3 N–H and O–H groups in total. The minimum Gasteiger partial charge on any atom is -0.396 e. The van der Waals surface area contributed by atoms with E-state index < -0.39 is 49.6 Å². The second-order valence-corrected chi connectivity index (χ2v) is 5.72. The van der Waals surface area contributed by atoms with Gasteiger partial charge in [0.2, 0.25) is 0 Å². The monoisotopic (exact) mass is 320 g/mol. The fourth-order valence-electron chi connectivity index (χ4n) is 1.52. The summed E-state index contributed by atoms with van der Waals surface area (Å²) in [5.41, 5.74) is 3.74. The van der Waals surface area contributed by atoms with Crippen molar-refractivity contribution in [3.63, 3.8) is 0 Å². The average Bonchev–Trinajstić information content (AvgIpc) is 2.37. The van der Waals surface area contributed by atoms with Crippen LogP contribution in [0.1, 0.15) is 0 Å². The summed E-state index contributed by atoms with van der Waals surface area (Å²) < 4.78 is 78.0. The molecule has 0 saturated heterocycles. The van der Waals surface area contributed by atoms with E-state index in [-0.39, 0.29) is 0 Å². The molecule has 4 nitrogen and oxygen atoms in total. The molecular formula is C12H8F4N2O2S. The smallest absolute Gasteiger partial charge is 0.262 e. The van der Waals surface area contributed by atoms with Gasteiger partial charge < -0.3 is 5.73 Å². The molecule has 0 unspecified atom stereocenters. The maximum Gasteiger partial charge on any atom is 0.262 e. The zero-order valence-corrected chi connectivity index (χ0v) is 11.0. The third-order valence-electron chi connectivity index (χ3n) is 2.52. The highest BCUT2D eigenvalue weighted by Crippen LogP contribution is 2.24. The Bertz CT molecular complexity index is 786. The third kappa shape index (κ3) is 3.07. The second kappa shape index (κ2) is 5.24. The van der Waals surface area contributed by atoms with Gasteiger partial charge in [-0.1, -0.05) is 0 Å². The van der Waals surface area contributed by atoms with E-state index in [1.54, 1.807) is 4.72 Å². The minimum atomic E-state index is -4.41. The van der Waals surface area contributed by atoms with Gasteiger partial charge in [-0.25, -0.2) is 26.0 Å². The van der Waals surface area contributed by atoms with Crippen molar-refractivity contribution >= 4 is 21.4 Å². The Kier molecular flexibility index (Phi) is 3.77. The number of halogens is 4. The van der Waals surface area contributed by atoms with Gasteiger partial charge in [-0.05, 0) is 18.2 Å². The number of hydrogen-bond donors (Lipinski definition) is 2. The van der Waals surface area contributed by atoms with E-state index in [2.05, 4.69) is 0 Å². The van der Waals surface area contributed by atoms with E-state index in [0.717, 1.165) is 18.2 Å². The van der Waals surface area contributed by atoms with E-state index in [0.29, 0.717) is 12.1 Å². The molecule has 0 radical (unpaired) electrons. The van der Waals surface area contributed by atoms with Crippen LogP contribution in [0, 0.1) is 23.3 Å². The number of hydrogen-bond acceptors (Lipinski definition) is 3. The van der Waals surface area contributed by atoms with E-state index in [4.69, 9.17) is 5.73 Å². The van der Waals surface area contributed by atoms with Crippen molar-refractivity contribution in [1.29, 1.82) is 0 Å². The van der Waals surface area contributed by atoms with Gasteiger partial charge in [0.25, 0.3) is 10.0 Å². The summed E-state index contributed by atoms with van der Waals surface area (Å²) in [5.74, 6) is -4.88. The Morgan fingerprint density at radius 3 is 2.00 bits per heavy atom. The Labute approximate surface area is 117 Å². The number of nitrogens with one attached hydrogen (secondary N) is 1. The summed E-state index contributed by atoms with van der Waals surface area (Å²) in [6.45, 7) is 0. The highest BCUT2D eigenvalue weighted by Gasteiger charge is 2.21. The fraction of sp³-hybridized carbons (Fsp3) is 0. The van der Waals surface area contributed by atoms with E-state index >= 15 is 0 Å². The quantitative estimate of drug-likeness (QED) is 0.674. The molecule has 112 valence electrons. The molecule has 0 aromatic heterocycles. The van der Waals surface area contributed by atoms with Crippen LogP contribution < -0.4 is 10.5 Å². The van der Waals surface area contributed by atoms with Crippen molar-refractivity contribution in [2.24, 2.45) is 0 Å². The lowest BCUT2D eigenvalue weighted by Gasteiger charge is -2.10. The summed E-state index contributed by atoms with van der Waals surface area (Å²) in [6, 6.07) is 3.09. The summed E-state index contributed by atoms with van der Waals surface area (Å²) in [5, 5.41) is 0. The normalized spacial score (nSPS) is 11.4. The van der Waals surface area contributed by atoms with Crippen molar-refractivity contribution in [2.75, 3.05) is 10.5 Å². The molecule has 2 rings (SSSR count). The van der Waals surface area contributed by atoms with Crippen molar-refractivity contribution in [3.8, 4) is 0 Å². The molecule has 0 bridgehead atoms.